The number of pyridine rings is 1. The largest absolute Gasteiger partial charge is 0.492 e. The molecule has 1 aromatic carbocycles. The average Bonchev–Trinajstić information content (AvgIpc) is 2.91. The number of ether oxygens (including phenoxy) is 1. The predicted octanol–water partition coefficient (Wildman–Crippen LogP) is 3.61. The summed E-state index contributed by atoms with van der Waals surface area (Å²) in [6, 6.07) is 9.60. The van der Waals surface area contributed by atoms with Crippen molar-refractivity contribution in [3.63, 3.8) is 0 Å². The number of aromatic nitrogens is 1. The Morgan fingerprint density at radius 2 is 2.09 bits per heavy atom. The van der Waals surface area contributed by atoms with E-state index in [9.17, 15) is 4.79 Å². The summed E-state index contributed by atoms with van der Waals surface area (Å²) >= 11 is 0. The third-order valence-corrected chi connectivity index (χ3v) is 3.99. The first-order valence-corrected chi connectivity index (χ1v) is 7.65. The highest BCUT2D eigenvalue weighted by Crippen LogP contribution is 2.33. The van der Waals surface area contributed by atoms with Crippen LogP contribution in [0.15, 0.2) is 39.5 Å². The number of methoxy groups -OCH3 is 1. The fraction of sp³-hybridized carbons (Fsp3) is 0.278. The van der Waals surface area contributed by atoms with E-state index in [1.54, 1.807) is 7.11 Å². The van der Waals surface area contributed by atoms with Gasteiger partial charge in [0.25, 0.3) is 5.56 Å². The van der Waals surface area contributed by atoms with Crippen molar-refractivity contribution < 1.29 is 9.15 Å². The lowest BCUT2D eigenvalue weighted by molar-refractivity contribution is 0.398. The van der Waals surface area contributed by atoms with Gasteiger partial charge in [0.1, 0.15) is 11.3 Å². The van der Waals surface area contributed by atoms with Crippen LogP contribution in [0.1, 0.15) is 23.9 Å². The maximum absolute atomic E-state index is 12.1. The van der Waals surface area contributed by atoms with Crippen LogP contribution in [0.5, 0.6) is 5.75 Å². The third kappa shape index (κ3) is 2.82. The van der Waals surface area contributed by atoms with E-state index in [0.29, 0.717) is 23.7 Å². The third-order valence-electron chi connectivity index (χ3n) is 3.99. The van der Waals surface area contributed by atoms with E-state index < -0.39 is 0 Å². The van der Waals surface area contributed by atoms with Gasteiger partial charge in [-0.1, -0.05) is 19.1 Å². The van der Waals surface area contributed by atoms with E-state index >= 15 is 0 Å². The minimum Gasteiger partial charge on any atom is -0.492 e. The Labute approximate surface area is 134 Å². The second kappa shape index (κ2) is 6.20. The van der Waals surface area contributed by atoms with Crippen LogP contribution in [-0.4, -0.2) is 12.1 Å². The molecule has 120 valence electrons. The number of furan rings is 1. The molecule has 0 amide bonds. The minimum absolute atomic E-state index is 0.130. The molecule has 0 aliphatic rings. The van der Waals surface area contributed by atoms with E-state index in [0.717, 1.165) is 28.6 Å². The summed E-state index contributed by atoms with van der Waals surface area (Å²) in [5, 5.41) is 4.08. The van der Waals surface area contributed by atoms with Gasteiger partial charge in [0.2, 0.25) is 0 Å². The molecular formula is C18H20N2O3. The molecule has 5 nitrogen and oxygen atoms in total. The molecule has 0 spiro atoms. The van der Waals surface area contributed by atoms with Gasteiger partial charge in [0.05, 0.1) is 19.0 Å². The zero-order valence-corrected chi connectivity index (χ0v) is 13.5. The number of para-hydroxylation sites is 1. The molecule has 0 atom stereocenters. The van der Waals surface area contributed by atoms with Crippen molar-refractivity contribution in [3.8, 4) is 5.75 Å². The van der Waals surface area contributed by atoms with Crippen LogP contribution in [0, 0.1) is 6.92 Å². The summed E-state index contributed by atoms with van der Waals surface area (Å²) in [7, 11) is 1.62. The van der Waals surface area contributed by atoms with Gasteiger partial charge in [-0.15, -0.1) is 0 Å². The monoisotopic (exact) mass is 312 g/mol. The molecule has 2 aromatic heterocycles. The quantitative estimate of drug-likeness (QED) is 0.755. The van der Waals surface area contributed by atoms with Gasteiger partial charge in [0.15, 0.2) is 11.5 Å². The SMILES string of the molecule is CCc1cc(NCc2oc3ccccc3c2OC)c(=O)[nH]c1C. The molecule has 0 aliphatic carbocycles. The Kier molecular flexibility index (Phi) is 4.10. The number of aromatic amines is 1. The number of nitrogens with one attached hydrogen (secondary N) is 2. The summed E-state index contributed by atoms with van der Waals surface area (Å²) < 4.78 is 11.3. The first-order valence-electron chi connectivity index (χ1n) is 7.65. The van der Waals surface area contributed by atoms with Crippen molar-refractivity contribution in [1.29, 1.82) is 0 Å². The van der Waals surface area contributed by atoms with Crippen LogP contribution in [0.3, 0.4) is 0 Å². The lowest BCUT2D eigenvalue weighted by Crippen LogP contribution is -2.16. The van der Waals surface area contributed by atoms with Gasteiger partial charge in [-0.25, -0.2) is 0 Å². The van der Waals surface area contributed by atoms with Crippen molar-refractivity contribution in [2.75, 3.05) is 12.4 Å². The zero-order valence-electron chi connectivity index (χ0n) is 13.5. The predicted molar refractivity (Wildman–Crippen MR) is 91.3 cm³/mol. The minimum atomic E-state index is -0.130. The highest BCUT2D eigenvalue weighted by Gasteiger charge is 2.15. The molecule has 3 rings (SSSR count). The summed E-state index contributed by atoms with van der Waals surface area (Å²) in [6.07, 6.45) is 0.866. The Morgan fingerprint density at radius 1 is 1.30 bits per heavy atom. The smallest absolute Gasteiger partial charge is 0.271 e. The van der Waals surface area contributed by atoms with Gasteiger partial charge in [-0.3, -0.25) is 4.79 Å². The summed E-state index contributed by atoms with van der Waals surface area (Å²) in [4.78, 5) is 14.9. The van der Waals surface area contributed by atoms with Gasteiger partial charge < -0.3 is 19.5 Å². The Balaban J connectivity index is 1.91. The van der Waals surface area contributed by atoms with Crippen LogP contribution in [0.2, 0.25) is 0 Å². The molecule has 5 heteroatoms. The maximum Gasteiger partial charge on any atom is 0.271 e. The molecule has 0 aliphatic heterocycles. The number of hydrogen-bond donors (Lipinski definition) is 2. The van der Waals surface area contributed by atoms with Crippen LogP contribution in [-0.2, 0) is 13.0 Å². The fourth-order valence-electron chi connectivity index (χ4n) is 2.75. The molecular weight excluding hydrogens is 292 g/mol. The molecule has 2 N–H and O–H groups in total. The van der Waals surface area contributed by atoms with Crippen molar-refractivity contribution in [2.24, 2.45) is 0 Å². The number of H-pyrrole nitrogens is 1. The van der Waals surface area contributed by atoms with Crippen LogP contribution >= 0.6 is 0 Å². The number of aryl methyl sites for hydroxylation is 2. The standard InChI is InChI=1S/C18H20N2O3/c1-4-12-9-14(18(21)20-11(12)2)19-10-16-17(22-3)13-7-5-6-8-15(13)23-16/h5-9,19H,4,10H2,1-3H3,(H,20,21). The van der Waals surface area contributed by atoms with Gasteiger partial charge in [0, 0.05) is 5.69 Å². The first kappa shape index (κ1) is 15.2. The highest BCUT2D eigenvalue weighted by molar-refractivity contribution is 5.85. The van der Waals surface area contributed by atoms with Crippen molar-refractivity contribution in [3.05, 3.63) is 57.7 Å². The summed E-state index contributed by atoms with van der Waals surface area (Å²) in [5.74, 6) is 1.37. The Morgan fingerprint density at radius 3 is 2.83 bits per heavy atom. The number of benzene rings is 1. The number of anilines is 1. The van der Waals surface area contributed by atoms with Gasteiger partial charge in [-0.05, 0) is 37.1 Å². The van der Waals surface area contributed by atoms with Crippen molar-refractivity contribution in [2.45, 2.75) is 26.8 Å². The molecule has 23 heavy (non-hydrogen) atoms. The van der Waals surface area contributed by atoms with Gasteiger partial charge in [-0.2, -0.15) is 0 Å². The van der Waals surface area contributed by atoms with Crippen LogP contribution in [0.4, 0.5) is 5.69 Å². The van der Waals surface area contributed by atoms with Crippen molar-refractivity contribution in [1.82, 2.24) is 4.98 Å². The second-order valence-corrected chi connectivity index (χ2v) is 5.42. The molecule has 3 aromatic rings. The lowest BCUT2D eigenvalue weighted by atomic mass is 10.1. The number of rotatable bonds is 5. The van der Waals surface area contributed by atoms with Gasteiger partial charge >= 0.3 is 0 Å². The number of fused-ring (bicyclic) bond motifs is 1. The molecule has 0 saturated carbocycles. The topological polar surface area (TPSA) is 67.3 Å². The van der Waals surface area contributed by atoms with E-state index in [-0.39, 0.29) is 5.56 Å². The molecule has 2 heterocycles. The second-order valence-electron chi connectivity index (χ2n) is 5.42. The fourth-order valence-corrected chi connectivity index (χ4v) is 2.75. The zero-order chi connectivity index (χ0) is 16.4. The normalized spacial score (nSPS) is 10.9. The van der Waals surface area contributed by atoms with E-state index in [2.05, 4.69) is 17.2 Å². The average molecular weight is 312 g/mol. The van der Waals surface area contributed by atoms with E-state index in [1.165, 1.54) is 0 Å². The molecule has 0 saturated heterocycles. The Hall–Kier alpha value is -2.69. The Bertz CT molecular complexity index is 893. The van der Waals surface area contributed by atoms with Crippen LogP contribution < -0.4 is 15.6 Å². The van der Waals surface area contributed by atoms with E-state index in [4.69, 9.17) is 9.15 Å². The maximum atomic E-state index is 12.1. The first-order chi connectivity index (χ1) is 11.1. The number of hydrogen-bond acceptors (Lipinski definition) is 4. The highest BCUT2D eigenvalue weighted by atomic mass is 16.5. The molecule has 0 bridgehead atoms. The molecule has 0 unspecified atom stereocenters. The lowest BCUT2D eigenvalue weighted by Gasteiger charge is -2.09. The summed E-state index contributed by atoms with van der Waals surface area (Å²) in [5.41, 5.74) is 3.20. The van der Waals surface area contributed by atoms with Crippen LogP contribution in [0.25, 0.3) is 11.0 Å². The molecule has 0 fully saturated rings. The summed E-state index contributed by atoms with van der Waals surface area (Å²) in [6.45, 7) is 4.35. The van der Waals surface area contributed by atoms with Crippen molar-refractivity contribution >= 4 is 16.7 Å². The molecule has 0 radical (unpaired) electrons. The van der Waals surface area contributed by atoms with E-state index in [1.807, 2.05) is 37.3 Å².